The molecule has 2 aromatic rings. The smallest absolute Gasteiger partial charge is 0.185 e. The molecule has 0 spiro atoms. The van der Waals surface area contributed by atoms with Crippen LogP contribution in [0.2, 0.25) is 5.15 Å². The van der Waals surface area contributed by atoms with Crippen LogP contribution in [0, 0.1) is 24.2 Å². The number of rotatable bonds is 5. The monoisotopic (exact) mass is 327 g/mol. The summed E-state index contributed by atoms with van der Waals surface area (Å²) in [5.74, 6) is 0.297. The van der Waals surface area contributed by atoms with Gasteiger partial charge in [-0.2, -0.15) is 10.4 Å². The van der Waals surface area contributed by atoms with Crippen LogP contribution < -0.4 is 0 Å². The standard InChI is InChI=1S/C18H18ClN3O/c1-12(2)11-22-18(19)16(13(3)21-22)8-9-17(23)15-6-4-14(10-20)5-7-15/h4-9,12H,11H2,1-3H3/b9-8+. The SMILES string of the molecule is Cc1nn(CC(C)C)c(Cl)c1/C=C/C(=O)c1ccc(C#N)cc1. The highest BCUT2D eigenvalue weighted by Gasteiger charge is 2.12. The zero-order valence-electron chi connectivity index (χ0n) is 13.4. The molecule has 0 bridgehead atoms. The van der Waals surface area contributed by atoms with E-state index in [-0.39, 0.29) is 5.78 Å². The summed E-state index contributed by atoms with van der Waals surface area (Å²) in [6.45, 7) is 6.79. The molecule has 0 atom stereocenters. The maximum atomic E-state index is 12.2. The summed E-state index contributed by atoms with van der Waals surface area (Å²) in [5, 5.41) is 13.7. The number of carbonyl (C=O) groups is 1. The molecule has 5 heteroatoms. The number of hydrogen-bond acceptors (Lipinski definition) is 3. The van der Waals surface area contributed by atoms with E-state index in [1.807, 2.05) is 13.0 Å². The first-order valence-electron chi connectivity index (χ1n) is 7.38. The number of allylic oxidation sites excluding steroid dienone is 1. The Hall–Kier alpha value is -2.38. The van der Waals surface area contributed by atoms with Gasteiger partial charge in [0, 0.05) is 17.7 Å². The Morgan fingerprint density at radius 1 is 1.39 bits per heavy atom. The normalized spacial score (nSPS) is 11.1. The molecule has 0 aliphatic heterocycles. The molecular formula is C18H18ClN3O. The number of halogens is 1. The van der Waals surface area contributed by atoms with Crippen molar-refractivity contribution >= 4 is 23.5 Å². The number of benzene rings is 1. The van der Waals surface area contributed by atoms with E-state index in [2.05, 4.69) is 18.9 Å². The van der Waals surface area contributed by atoms with Crippen molar-refractivity contribution in [2.24, 2.45) is 5.92 Å². The van der Waals surface area contributed by atoms with Crippen LogP contribution in [0.3, 0.4) is 0 Å². The topological polar surface area (TPSA) is 58.7 Å². The highest BCUT2D eigenvalue weighted by Crippen LogP contribution is 2.22. The number of nitriles is 1. The van der Waals surface area contributed by atoms with E-state index in [9.17, 15) is 4.79 Å². The minimum atomic E-state index is -0.137. The Morgan fingerprint density at radius 3 is 2.61 bits per heavy atom. The summed E-state index contributed by atoms with van der Waals surface area (Å²) < 4.78 is 1.76. The van der Waals surface area contributed by atoms with Crippen LogP contribution in [-0.4, -0.2) is 15.6 Å². The Balaban J connectivity index is 2.20. The van der Waals surface area contributed by atoms with Crippen molar-refractivity contribution < 1.29 is 4.79 Å². The molecule has 23 heavy (non-hydrogen) atoms. The number of carbonyl (C=O) groups excluding carboxylic acids is 1. The molecule has 0 fully saturated rings. The van der Waals surface area contributed by atoms with Crippen molar-refractivity contribution in [1.29, 1.82) is 5.26 Å². The van der Waals surface area contributed by atoms with Gasteiger partial charge in [-0.3, -0.25) is 9.48 Å². The lowest BCUT2D eigenvalue weighted by Crippen LogP contribution is -2.06. The minimum Gasteiger partial charge on any atom is -0.289 e. The summed E-state index contributed by atoms with van der Waals surface area (Å²) in [6.07, 6.45) is 3.18. The van der Waals surface area contributed by atoms with Crippen LogP contribution >= 0.6 is 11.6 Å². The number of aryl methyl sites for hydroxylation is 1. The average molecular weight is 328 g/mol. The fourth-order valence-electron chi connectivity index (χ4n) is 2.19. The third-order valence-corrected chi connectivity index (χ3v) is 3.75. The van der Waals surface area contributed by atoms with Crippen LogP contribution in [0.15, 0.2) is 30.3 Å². The molecule has 0 radical (unpaired) electrons. The predicted octanol–water partition coefficient (Wildman–Crippen LogP) is 4.27. The summed E-state index contributed by atoms with van der Waals surface area (Å²) >= 11 is 6.34. The lowest BCUT2D eigenvalue weighted by atomic mass is 10.1. The van der Waals surface area contributed by atoms with E-state index in [4.69, 9.17) is 16.9 Å². The molecule has 0 amide bonds. The molecule has 0 aliphatic rings. The van der Waals surface area contributed by atoms with E-state index in [1.165, 1.54) is 6.08 Å². The summed E-state index contributed by atoms with van der Waals surface area (Å²) in [4.78, 5) is 12.2. The zero-order chi connectivity index (χ0) is 17.0. The minimum absolute atomic E-state index is 0.137. The third kappa shape index (κ3) is 4.08. The molecule has 0 N–H and O–H groups in total. The molecule has 0 unspecified atom stereocenters. The molecule has 0 aliphatic carbocycles. The molecule has 0 saturated carbocycles. The highest BCUT2D eigenvalue weighted by atomic mass is 35.5. The van der Waals surface area contributed by atoms with Gasteiger partial charge in [-0.05, 0) is 49.3 Å². The fraction of sp³-hybridized carbons (Fsp3) is 0.278. The van der Waals surface area contributed by atoms with Crippen molar-refractivity contribution in [1.82, 2.24) is 9.78 Å². The van der Waals surface area contributed by atoms with Gasteiger partial charge in [0.05, 0.1) is 17.3 Å². The molecule has 1 aromatic carbocycles. The average Bonchev–Trinajstić information content (AvgIpc) is 2.78. The highest BCUT2D eigenvalue weighted by molar-refractivity contribution is 6.31. The molecule has 1 aromatic heterocycles. The second-order valence-corrected chi connectivity index (χ2v) is 6.11. The zero-order valence-corrected chi connectivity index (χ0v) is 14.1. The van der Waals surface area contributed by atoms with Crippen LogP contribution in [0.5, 0.6) is 0 Å². The van der Waals surface area contributed by atoms with Gasteiger partial charge in [0.1, 0.15) is 5.15 Å². The van der Waals surface area contributed by atoms with Crippen LogP contribution in [-0.2, 0) is 6.54 Å². The fourth-order valence-corrected chi connectivity index (χ4v) is 2.49. The third-order valence-electron chi connectivity index (χ3n) is 3.35. The van der Waals surface area contributed by atoms with Gasteiger partial charge < -0.3 is 0 Å². The van der Waals surface area contributed by atoms with Crippen molar-refractivity contribution in [3.63, 3.8) is 0 Å². The van der Waals surface area contributed by atoms with Crippen molar-refractivity contribution in [2.45, 2.75) is 27.3 Å². The van der Waals surface area contributed by atoms with Crippen molar-refractivity contribution in [3.05, 3.63) is 57.9 Å². The molecular weight excluding hydrogens is 310 g/mol. The Morgan fingerprint density at radius 2 is 2.04 bits per heavy atom. The first kappa shape index (κ1) is 17.0. The lowest BCUT2D eigenvalue weighted by molar-refractivity contribution is 0.104. The first-order valence-corrected chi connectivity index (χ1v) is 7.75. The predicted molar refractivity (Wildman–Crippen MR) is 91.3 cm³/mol. The summed E-state index contributed by atoms with van der Waals surface area (Å²) in [5.41, 5.74) is 2.61. The van der Waals surface area contributed by atoms with Gasteiger partial charge >= 0.3 is 0 Å². The Labute approximate surface area is 141 Å². The maximum Gasteiger partial charge on any atom is 0.185 e. The van der Waals surface area contributed by atoms with Gasteiger partial charge in [-0.15, -0.1) is 0 Å². The second-order valence-electron chi connectivity index (χ2n) is 5.75. The lowest BCUT2D eigenvalue weighted by Gasteiger charge is -2.05. The van der Waals surface area contributed by atoms with Crippen LogP contribution in [0.1, 0.15) is 41.0 Å². The van der Waals surface area contributed by atoms with Gasteiger partial charge in [0.15, 0.2) is 5.78 Å². The van der Waals surface area contributed by atoms with Gasteiger partial charge in [0.2, 0.25) is 0 Å². The molecule has 0 saturated heterocycles. The van der Waals surface area contributed by atoms with Gasteiger partial charge in [-0.1, -0.05) is 25.4 Å². The van der Waals surface area contributed by atoms with Gasteiger partial charge in [-0.25, -0.2) is 0 Å². The van der Waals surface area contributed by atoms with E-state index < -0.39 is 0 Å². The molecule has 4 nitrogen and oxygen atoms in total. The van der Waals surface area contributed by atoms with E-state index >= 15 is 0 Å². The molecule has 118 valence electrons. The quantitative estimate of drug-likeness (QED) is 0.608. The Kier molecular flexibility index (Phi) is 5.36. The number of hydrogen-bond donors (Lipinski definition) is 0. The van der Waals surface area contributed by atoms with E-state index in [1.54, 1.807) is 35.0 Å². The molecule has 1 heterocycles. The molecule has 2 rings (SSSR count). The van der Waals surface area contributed by atoms with Crippen molar-refractivity contribution in [2.75, 3.05) is 0 Å². The largest absolute Gasteiger partial charge is 0.289 e. The summed E-state index contributed by atoms with van der Waals surface area (Å²) in [7, 11) is 0. The first-order chi connectivity index (χ1) is 10.9. The maximum absolute atomic E-state index is 12.2. The number of ketones is 1. The van der Waals surface area contributed by atoms with E-state index in [0.29, 0.717) is 22.2 Å². The summed E-state index contributed by atoms with van der Waals surface area (Å²) in [6, 6.07) is 8.56. The Bertz CT molecular complexity index is 780. The van der Waals surface area contributed by atoms with Crippen LogP contribution in [0.25, 0.3) is 6.08 Å². The van der Waals surface area contributed by atoms with E-state index in [0.717, 1.165) is 17.8 Å². The second kappa shape index (κ2) is 7.26. The number of aromatic nitrogens is 2. The van der Waals surface area contributed by atoms with Crippen molar-refractivity contribution in [3.8, 4) is 6.07 Å². The number of nitrogens with zero attached hydrogens (tertiary/aromatic N) is 3. The van der Waals surface area contributed by atoms with Crippen LogP contribution in [0.4, 0.5) is 0 Å². The van der Waals surface area contributed by atoms with Gasteiger partial charge in [0.25, 0.3) is 0 Å².